The van der Waals surface area contributed by atoms with Crippen molar-refractivity contribution in [1.82, 2.24) is 0 Å². The minimum atomic E-state index is 1.02. The van der Waals surface area contributed by atoms with E-state index in [4.69, 9.17) is 0 Å². The minimum absolute atomic E-state index is 1.02. The lowest BCUT2D eigenvalue weighted by atomic mass is 10.1. The first-order chi connectivity index (χ1) is 8.33. The number of hydrogen-bond donors (Lipinski definition) is 0. The smallest absolute Gasteiger partial charge is 0.0348 e. The normalized spacial score (nSPS) is 21.3. The lowest BCUT2D eigenvalue weighted by Gasteiger charge is -1.94. The van der Waals surface area contributed by atoms with E-state index in [9.17, 15) is 0 Å². The second-order valence-corrected chi connectivity index (χ2v) is 5.89. The summed E-state index contributed by atoms with van der Waals surface area (Å²) in [6.07, 6.45) is 6.52. The van der Waals surface area contributed by atoms with Crippen LogP contribution in [0.1, 0.15) is 0 Å². The van der Waals surface area contributed by atoms with Crippen molar-refractivity contribution in [3.8, 4) is 0 Å². The van der Waals surface area contributed by atoms with E-state index in [-0.39, 0.29) is 0 Å². The molecule has 0 N–H and O–H groups in total. The van der Waals surface area contributed by atoms with Crippen molar-refractivity contribution < 1.29 is 0 Å². The first kappa shape index (κ1) is 10.9. The summed E-state index contributed by atoms with van der Waals surface area (Å²) < 4.78 is 1.36. The van der Waals surface area contributed by atoms with Crippen LogP contribution in [0.3, 0.4) is 0 Å². The van der Waals surface area contributed by atoms with Gasteiger partial charge in [-0.15, -0.1) is 23.1 Å². The molecule has 2 heterocycles. The van der Waals surface area contributed by atoms with Crippen molar-refractivity contribution in [1.29, 1.82) is 0 Å². The van der Waals surface area contributed by atoms with Crippen LogP contribution in [0.5, 0.6) is 0 Å². The standard InChI is InChI=1S/C15H12S2/c1-11-2-5-16-6-3-12-10-15-13(4-7-17-15)9-14(12)8-11/h2-5,7-10H,1,6H2/b5-2-,12-3-,14-8-. The number of benzene rings is 1. The molecule has 84 valence electrons. The number of thiophene rings is 1. The van der Waals surface area contributed by atoms with Crippen molar-refractivity contribution in [3.63, 3.8) is 0 Å². The monoisotopic (exact) mass is 256 g/mol. The molecule has 0 fully saturated rings. The zero-order valence-electron chi connectivity index (χ0n) is 9.35. The molecule has 0 bridgehead atoms. The van der Waals surface area contributed by atoms with Gasteiger partial charge in [0.15, 0.2) is 0 Å². The third kappa shape index (κ3) is 2.24. The van der Waals surface area contributed by atoms with Crippen molar-refractivity contribution in [2.75, 3.05) is 5.75 Å². The van der Waals surface area contributed by atoms with E-state index in [0.29, 0.717) is 0 Å². The van der Waals surface area contributed by atoms with Crippen molar-refractivity contribution in [2.24, 2.45) is 0 Å². The number of rotatable bonds is 0. The zero-order valence-corrected chi connectivity index (χ0v) is 11.0. The first-order valence-corrected chi connectivity index (χ1v) is 7.42. The molecule has 1 aromatic carbocycles. The Morgan fingerprint density at radius 1 is 1.18 bits per heavy atom. The molecule has 1 aromatic heterocycles. The average molecular weight is 256 g/mol. The Hall–Kier alpha value is -1.25. The zero-order chi connectivity index (χ0) is 11.7. The second kappa shape index (κ2) is 4.55. The minimum Gasteiger partial charge on any atom is -0.144 e. The van der Waals surface area contributed by atoms with E-state index in [1.165, 1.54) is 20.5 Å². The predicted octanol–water partition coefficient (Wildman–Crippen LogP) is 3.28. The number of hydrogen-bond acceptors (Lipinski definition) is 2. The van der Waals surface area contributed by atoms with E-state index < -0.39 is 0 Å². The maximum absolute atomic E-state index is 4.06. The first-order valence-electron chi connectivity index (χ1n) is 5.49. The third-order valence-corrected chi connectivity index (χ3v) is 4.34. The van der Waals surface area contributed by atoms with Gasteiger partial charge in [0, 0.05) is 10.5 Å². The van der Waals surface area contributed by atoms with Crippen LogP contribution in [0.25, 0.3) is 22.2 Å². The molecule has 17 heavy (non-hydrogen) atoms. The molecule has 0 spiro atoms. The summed E-state index contributed by atoms with van der Waals surface area (Å²) in [7, 11) is 0. The fourth-order valence-electron chi connectivity index (χ4n) is 1.92. The lowest BCUT2D eigenvalue weighted by Crippen LogP contribution is -2.24. The SMILES string of the molecule is C=C1/C=C\SC/C=c2/cc3sccc3c/c2=C/1. The van der Waals surface area contributed by atoms with Crippen LogP contribution in [-0.2, 0) is 0 Å². The van der Waals surface area contributed by atoms with Crippen LogP contribution >= 0.6 is 23.1 Å². The van der Waals surface area contributed by atoms with Crippen LogP contribution < -0.4 is 10.4 Å². The summed E-state index contributed by atoms with van der Waals surface area (Å²) >= 11 is 3.60. The molecule has 0 amide bonds. The topological polar surface area (TPSA) is 0 Å². The summed E-state index contributed by atoms with van der Waals surface area (Å²) in [5.74, 6) is 1.02. The van der Waals surface area contributed by atoms with E-state index >= 15 is 0 Å². The maximum Gasteiger partial charge on any atom is 0.0348 e. The quantitative estimate of drug-likeness (QED) is 0.697. The van der Waals surface area contributed by atoms with Crippen molar-refractivity contribution in [2.45, 2.75) is 0 Å². The number of allylic oxidation sites excluding steroid dienone is 2. The molecule has 0 nitrogen and oxygen atoms in total. The second-order valence-electron chi connectivity index (χ2n) is 4.00. The molecule has 0 unspecified atom stereocenters. The van der Waals surface area contributed by atoms with E-state index in [2.05, 4.69) is 53.8 Å². The summed E-state index contributed by atoms with van der Waals surface area (Å²) in [6, 6.07) is 6.71. The summed E-state index contributed by atoms with van der Waals surface area (Å²) in [5.41, 5.74) is 1.06. The average Bonchev–Trinajstić information content (AvgIpc) is 2.76. The molecule has 0 saturated carbocycles. The molecule has 0 radical (unpaired) electrons. The molecular formula is C15H12S2. The lowest BCUT2D eigenvalue weighted by molar-refractivity contribution is 1.57. The third-order valence-electron chi connectivity index (χ3n) is 2.78. The van der Waals surface area contributed by atoms with Gasteiger partial charge in [0.2, 0.25) is 0 Å². The van der Waals surface area contributed by atoms with Crippen LogP contribution in [0.15, 0.2) is 47.2 Å². The summed E-state index contributed by atoms with van der Waals surface area (Å²) in [4.78, 5) is 0. The van der Waals surface area contributed by atoms with Crippen LogP contribution in [0, 0.1) is 0 Å². The number of thioether (sulfide) groups is 1. The summed E-state index contributed by atoms with van der Waals surface area (Å²) in [6.45, 7) is 4.06. The Labute approximate surface area is 109 Å². The molecule has 0 atom stereocenters. The Morgan fingerprint density at radius 2 is 2.12 bits per heavy atom. The van der Waals surface area contributed by atoms with E-state index in [0.717, 1.165) is 11.3 Å². The molecular weight excluding hydrogens is 244 g/mol. The van der Waals surface area contributed by atoms with Gasteiger partial charge in [-0.25, -0.2) is 0 Å². The highest BCUT2D eigenvalue weighted by atomic mass is 32.2. The van der Waals surface area contributed by atoms with E-state index in [1.807, 2.05) is 0 Å². The predicted molar refractivity (Wildman–Crippen MR) is 80.7 cm³/mol. The summed E-state index contributed by atoms with van der Waals surface area (Å²) in [5, 5.41) is 8.17. The highest BCUT2D eigenvalue weighted by Gasteiger charge is 1.97. The van der Waals surface area contributed by atoms with Crippen LogP contribution in [0.4, 0.5) is 0 Å². The molecule has 3 rings (SSSR count). The van der Waals surface area contributed by atoms with Gasteiger partial charge in [0.25, 0.3) is 0 Å². The molecule has 2 aromatic rings. The van der Waals surface area contributed by atoms with Crippen molar-refractivity contribution >= 4 is 45.3 Å². The maximum atomic E-state index is 4.06. The molecule has 1 aliphatic rings. The largest absolute Gasteiger partial charge is 0.144 e. The van der Waals surface area contributed by atoms with Gasteiger partial charge in [-0.2, -0.15) is 0 Å². The van der Waals surface area contributed by atoms with Gasteiger partial charge in [-0.1, -0.05) is 12.7 Å². The van der Waals surface area contributed by atoms with Gasteiger partial charge in [0.1, 0.15) is 0 Å². The Bertz CT molecular complexity index is 717. The molecule has 1 aliphatic heterocycles. The highest BCUT2D eigenvalue weighted by Crippen LogP contribution is 2.17. The van der Waals surface area contributed by atoms with Gasteiger partial charge < -0.3 is 0 Å². The molecule has 0 aliphatic carbocycles. The fourth-order valence-corrected chi connectivity index (χ4v) is 3.40. The highest BCUT2D eigenvalue weighted by molar-refractivity contribution is 8.02. The number of fused-ring (bicyclic) bond motifs is 2. The van der Waals surface area contributed by atoms with Gasteiger partial charge in [0.05, 0.1) is 0 Å². The van der Waals surface area contributed by atoms with Gasteiger partial charge in [-0.05, 0) is 62.5 Å². The van der Waals surface area contributed by atoms with Crippen LogP contribution in [0.2, 0.25) is 0 Å². The molecule has 0 saturated heterocycles. The fraction of sp³-hybridized carbons (Fsp3) is 0.0667. The molecule has 2 heteroatoms. The van der Waals surface area contributed by atoms with Gasteiger partial charge >= 0.3 is 0 Å². The van der Waals surface area contributed by atoms with Crippen molar-refractivity contribution in [3.05, 3.63) is 57.7 Å². The van der Waals surface area contributed by atoms with E-state index in [1.54, 1.807) is 23.1 Å². The van der Waals surface area contributed by atoms with Crippen LogP contribution in [-0.4, -0.2) is 5.75 Å². The Morgan fingerprint density at radius 3 is 3.06 bits per heavy atom. The Balaban J connectivity index is 2.36. The Kier molecular flexibility index (Phi) is 2.91. The van der Waals surface area contributed by atoms with Gasteiger partial charge in [-0.3, -0.25) is 0 Å².